The molecule has 0 N–H and O–H groups in total. The van der Waals surface area contributed by atoms with Crippen LogP contribution in [0, 0.1) is 0 Å². The second-order valence-corrected chi connectivity index (χ2v) is 5.79. The summed E-state index contributed by atoms with van der Waals surface area (Å²) in [5.74, 6) is 0.0434. The van der Waals surface area contributed by atoms with Gasteiger partial charge in [0.05, 0.1) is 16.5 Å². The Balaban J connectivity index is 2.09. The molecule has 1 aromatic carbocycles. The van der Waals surface area contributed by atoms with Crippen molar-refractivity contribution >= 4 is 40.9 Å². The number of nitrogens with zero attached hydrogens (tertiary/aromatic N) is 3. The highest BCUT2D eigenvalue weighted by Crippen LogP contribution is 2.34. The molecule has 0 aliphatic carbocycles. The number of carbonyl (C=O) groups is 1. The minimum Gasteiger partial charge on any atom is -0.340 e. The Morgan fingerprint density at radius 3 is 2.33 bits per heavy atom. The fourth-order valence-electron chi connectivity index (χ4n) is 2.21. The zero-order valence-corrected chi connectivity index (χ0v) is 13.1. The molecule has 0 aromatic heterocycles. The van der Waals surface area contributed by atoms with Crippen molar-refractivity contribution < 1.29 is 9.59 Å². The molecule has 0 spiro atoms. The third-order valence-corrected chi connectivity index (χ3v) is 4.02. The highest BCUT2D eigenvalue weighted by Gasteiger charge is 2.19. The van der Waals surface area contributed by atoms with E-state index in [1.165, 1.54) is 6.08 Å². The molecule has 112 valence electrons. The van der Waals surface area contributed by atoms with Gasteiger partial charge < -0.3 is 9.80 Å². The molecule has 0 atom stereocenters. The number of rotatable bonds is 3. The maximum atomic E-state index is 12.2. The van der Waals surface area contributed by atoms with Gasteiger partial charge in [0.2, 0.25) is 12.0 Å². The first kappa shape index (κ1) is 16.0. The van der Waals surface area contributed by atoms with E-state index in [0.717, 1.165) is 26.2 Å². The molecule has 1 amide bonds. The number of isocyanates is 1. The molecule has 1 aromatic rings. The van der Waals surface area contributed by atoms with Gasteiger partial charge in [0.1, 0.15) is 5.69 Å². The average molecular weight is 328 g/mol. The van der Waals surface area contributed by atoms with Crippen molar-refractivity contribution in [3.05, 3.63) is 27.7 Å². The fourth-order valence-corrected chi connectivity index (χ4v) is 2.83. The van der Waals surface area contributed by atoms with Crippen LogP contribution in [-0.2, 0) is 16.0 Å². The standard InChI is InChI=1S/C14H15Cl2N3O2/c1-18-2-4-19(5-3-18)13(21)8-10-6-11(15)14(17-9-20)12(16)7-10/h6-7H,2-5,8H2,1H3. The summed E-state index contributed by atoms with van der Waals surface area (Å²) in [6.07, 6.45) is 1.64. The Labute approximate surface area is 133 Å². The Kier molecular flexibility index (Phi) is 5.37. The second-order valence-electron chi connectivity index (χ2n) is 4.97. The Morgan fingerprint density at radius 1 is 1.24 bits per heavy atom. The topological polar surface area (TPSA) is 53.0 Å². The van der Waals surface area contributed by atoms with Gasteiger partial charge in [-0.05, 0) is 24.7 Å². The van der Waals surface area contributed by atoms with Crippen LogP contribution < -0.4 is 0 Å². The highest BCUT2D eigenvalue weighted by atomic mass is 35.5. The summed E-state index contributed by atoms with van der Waals surface area (Å²) in [7, 11) is 2.04. The summed E-state index contributed by atoms with van der Waals surface area (Å²) < 4.78 is 0. The first-order chi connectivity index (χ1) is 10.0. The molecule has 1 aliphatic heterocycles. The van der Waals surface area contributed by atoms with Crippen molar-refractivity contribution in [1.29, 1.82) is 0 Å². The van der Waals surface area contributed by atoms with Crippen molar-refractivity contribution in [1.82, 2.24) is 9.80 Å². The minimum atomic E-state index is 0.0434. The van der Waals surface area contributed by atoms with E-state index in [2.05, 4.69) is 9.89 Å². The smallest absolute Gasteiger partial charge is 0.240 e. The van der Waals surface area contributed by atoms with Gasteiger partial charge in [-0.15, -0.1) is 0 Å². The van der Waals surface area contributed by atoms with Crippen LogP contribution in [-0.4, -0.2) is 55.0 Å². The molecule has 7 heteroatoms. The lowest BCUT2D eigenvalue weighted by molar-refractivity contribution is -0.132. The minimum absolute atomic E-state index is 0.0434. The van der Waals surface area contributed by atoms with Crippen molar-refractivity contribution in [2.45, 2.75) is 6.42 Å². The molecule has 0 radical (unpaired) electrons. The van der Waals surface area contributed by atoms with E-state index in [1.807, 2.05) is 11.9 Å². The molecule has 0 bridgehead atoms. The Bertz CT molecular complexity index is 569. The fraction of sp³-hybridized carbons (Fsp3) is 0.429. The molecule has 21 heavy (non-hydrogen) atoms. The van der Waals surface area contributed by atoms with Crippen LogP contribution in [0.3, 0.4) is 0 Å². The first-order valence-electron chi connectivity index (χ1n) is 6.53. The summed E-state index contributed by atoms with van der Waals surface area (Å²) in [6.45, 7) is 3.20. The number of aliphatic imine (C=N–C) groups is 1. The number of amides is 1. The van der Waals surface area contributed by atoms with Gasteiger partial charge in [-0.25, -0.2) is 4.79 Å². The third-order valence-electron chi connectivity index (χ3n) is 3.45. The van der Waals surface area contributed by atoms with E-state index in [-0.39, 0.29) is 28.1 Å². The average Bonchev–Trinajstić information content (AvgIpc) is 2.43. The van der Waals surface area contributed by atoms with E-state index in [4.69, 9.17) is 23.2 Å². The molecule has 1 aliphatic rings. The lowest BCUT2D eigenvalue weighted by Crippen LogP contribution is -2.47. The summed E-state index contributed by atoms with van der Waals surface area (Å²) in [4.78, 5) is 30.0. The molecule has 0 unspecified atom stereocenters. The summed E-state index contributed by atoms with van der Waals surface area (Å²) >= 11 is 12.0. The number of benzene rings is 1. The maximum absolute atomic E-state index is 12.2. The SMILES string of the molecule is CN1CCN(C(=O)Cc2cc(Cl)c(N=C=O)c(Cl)c2)CC1. The lowest BCUT2D eigenvalue weighted by atomic mass is 10.1. The van der Waals surface area contributed by atoms with E-state index in [1.54, 1.807) is 12.1 Å². The van der Waals surface area contributed by atoms with Gasteiger partial charge in [0.15, 0.2) is 0 Å². The van der Waals surface area contributed by atoms with Crippen LogP contribution in [0.25, 0.3) is 0 Å². The Morgan fingerprint density at radius 2 is 1.81 bits per heavy atom. The zero-order valence-electron chi connectivity index (χ0n) is 11.6. The van der Waals surface area contributed by atoms with Gasteiger partial charge in [0.25, 0.3) is 0 Å². The van der Waals surface area contributed by atoms with Crippen LogP contribution in [0.2, 0.25) is 10.0 Å². The van der Waals surface area contributed by atoms with E-state index in [0.29, 0.717) is 5.56 Å². The van der Waals surface area contributed by atoms with Crippen molar-refractivity contribution in [2.75, 3.05) is 33.2 Å². The van der Waals surface area contributed by atoms with Gasteiger partial charge in [0, 0.05) is 26.2 Å². The summed E-state index contributed by atoms with van der Waals surface area (Å²) in [6, 6.07) is 3.22. The van der Waals surface area contributed by atoms with Crippen LogP contribution in [0.4, 0.5) is 5.69 Å². The zero-order chi connectivity index (χ0) is 15.4. The van der Waals surface area contributed by atoms with E-state index in [9.17, 15) is 9.59 Å². The molecule has 1 heterocycles. The molecule has 2 rings (SSSR count). The number of likely N-dealkylation sites (N-methyl/N-ethyl adjacent to an activating group) is 1. The quantitative estimate of drug-likeness (QED) is 0.632. The van der Waals surface area contributed by atoms with Crippen molar-refractivity contribution in [2.24, 2.45) is 4.99 Å². The monoisotopic (exact) mass is 327 g/mol. The molecule has 1 saturated heterocycles. The summed E-state index contributed by atoms with van der Waals surface area (Å²) in [5.41, 5.74) is 0.892. The van der Waals surface area contributed by atoms with E-state index < -0.39 is 0 Å². The molecule has 5 nitrogen and oxygen atoms in total. The summed E-state index contributed by atoms with van der Waals surface area (Å²) in [5, 5.41) is 0.485. The van der Waals surface area contributed by atoms with Crippen LogP contribution in [0.1, 0.15) is 5.56 Å². The van der Waals surface area contributed by atoms with Gasteiger partial charge in [-0.2, -0.15) is 4.99 Å². The number of carbonyl (C=O) groups excluding carboxylic acids is 2. The maximum Gasteiger partial charge on any atom is 0.240 e. The number of hydrogen-bond acceptors (Lipinski definition) is 4. The first-order valence-corrected chi connectivity index (χ1v) is 7.29. The van der Waals surface area contributed by atoms with Crippen molar-refractivity contribution in [3.8, 4) is 0 Å². The van der Waals surface area contributed by atoms with Gasteiger partial charge in [-0.3, -0.25) is 4.79 Å². The van der Waals surface area contributed by atoms with Gasteiger partial charge in [-0.1, -0.05) is 23.2 Å². The van der Waals surface area contributed by atoms with Gasteiger partial charge >= 0.3 is 0 Å². The third kappa shape index (κ3) is 4.05. The number of halogens is 2. The number of hydrogen-bond donors (Lipinski definition) is 0. The molecular formula is C14H15Cl2N3O2. The van der Waals surface area contributed by atoms with Crippen LogP contribution in [0.5, 0.6) is 0 Å². The number of piperazine rings is 1. The van der Waals surface area contributed by atoms with Crippen LogP contribution in [0.15, 0.2) is 17.1 Å². The normalized spacial score (nSPS) is 15.7. The predicted molar refractivity (Wildman–Crippen MR) is 82.0 cm³/mol. The molecule has 0 saturated carbocycles. The van der Waals surface area contributed by atoms with Crippen molar-refractivity contribution in [3.63, 3.8) is 0 Å². The lowest BCUT2D eigenvalue weighted by Gasteiger charge is -2.32. The molecule has 1 fully saturated rings. The highest BCUT2D eigenvalue weighted by molar-refractivity contribution is 6.38. The Hall–Kier alpha value is -1.39. The predicted octanol–water partition coefficient (Wildman–Crippen LogP) is 2.28. The second kappa shape index (κ2) is 7.05. The molecular weight excluding hydrogens is 313 g/mol. The van der Waals surface area contributed by atoms with E-state index >= 15 is 0 Å². The largest absolute Gasteiger partial charge is 0.340 e. The van der Waals surface area contributed by atoms with Crippen LogP contribution >= 0.6 is 23.2 Å².